The summed E-state index contributed by atoms with van der Waals surface area (Å²) in [6.07, 6.45) is 0. The third-order valence-corrected chi connectivity index (χ3v) is 2.07. The summed E-state index contributed by atoms with van der Waals surface area (Å²) in [5, 5.41) is 16.5. The quantitative estimate of drug-likeness (QED) is 0.316. The van der Waals surface area contributed by atoms with E-state index in [-0.39, 0.29) is 5.69 Å². The fourth-order valence-electron chi connectivity index (χ4n) is 0.977. The molecule has 1 aromatic rings. The van der Waals surface area contributed by atoms with E-state index >= 15 is 0 Å². The highest BCUT2D eigenvalue weighted by atomic mass is 35.5. The van der Waals surface area contributed by atoms with Crippen LogP contribution in [-0.4, -0.2) is 4.92 Å². The molecule has 66 valence electrons. The molecule has 0 saturated heterocycles. The lowest BCUT2D eigenvalue weighted by molar-refractivity contribution is -0.384. The maximum Gasteiger partial charge on any atom is 0.289 e. The molecule has 0 spiro atoms. The molecule has 1 heterocycles. The summed E-state index contributed by atoms with van der Waals surface area (Å²) in [7, 11) is 0. The summed E-state index contributed by atoms with van der Waals surface area (Å²) in [5.41, 5.74) is 0.526. The van der Waals surface area contributed by atoms with Crippen LogP contribution in [0.4, 0.5) is 5.69 Å². The van der Waals surface area contributed by atoms with Crippen LogP contribution in [0.15, 0.2) is 34.5 Å². The Balaban J connectivity index is 2.38. The molecule has 2 rings (SSSR count). The summed E-state index contributed by atoms with van der Waals surface area (Å²) >= 11 is 5.79. The van der Waals surface area contributed by atoms with Crippen LogP contribution in [0, 0.1) is 10.1 Å². The van der Waals surface area contributed by atoms with Gasteiger partial charge in [0.1, 0.15) is 0 Å². The highest BCUT2D eigenvalue weighted by molar-refractivity contribution is 6.24. The lowest BCUT2D eigenvalue weighted by Gasteiger charge is -2.00. The summed E-state index contributed by atoms with van der Waals surface area (Å²) < 4.78 is 0. The average Bonchev–Trinajstić information content (AvgIpc) is 2.85. The van der Waals surface area contributed by atoms with Gasteiger partial charge in [0.05, 0.1) is 4.92 Å². The van der Waals surface area contributed by atoms with E-state index in [1.165, 1.54) is 12.1 Å². The Hall–Kier alpha value is -1.49. The molecule has 0 bridgehead atoms. The van der Waals surface area contributed by atoms with Gasteiger partial charge in [-0.25, -0.2) is 0 Å². The third kappa shape index (κ3) is 1.38. The van der Waals surface area contributed by atoms with Gasteiger partial charge >= 0.3 is 0 Å². The van der Waals surface area contributed by atoms with Crippen LogP contribution in [0.3, 0.4) is 0 Å². The van der Waals surface area contributed by atoms with Crippen LogP contribution in [0.1, 0.15) is 5.56 Å². The van der Waals surface area contributed by atoms with Crippen molar-refractivity contribution in [2.45, 2.75) is 5.12 Å². The molecule has 0 amide bonds. The summed E-state index contributed by atoms with van der Waals surface area (Å²) in [5.74, 6) is 0. The van der Waals surface area contributed by atoms with Crippen molar-refractivity contribution in [1.82, 2.24) is 0 Å². The number of nitrogens with zero attached hydrogens (tertiary/aromatic N) is 3. The van der Waals surface area contributed by atoms with E-state index in [2.05, 4.69) is 10.2 Å². The van der Waals surface area contributed by atoms with Crippen LogP contribution >= 0.6 is 11.6 Å². The smallest absolute Gasteiger partial charge is 0.258 e. The monoisotopic (exact) mass is 197 g/mol. The Morgan fingerprint density at radius 1 is 1.46 bits per heavy atom. The number of halogens is 1. The van der Waals surface area contributed by atoms with Gasteiger partial charge in [-0.3, -0.25) is 10.1 Å². The minimum Gasteiger partial charge on any atom is -0.258 e. The molecule has 1 aliphatic heterocycles. The predicted molar refractivity (Wildman–Crippen MR) is 45.5 cm³/mol. The van der Waals surface area contributed by atoms with Gasteiger partial charge < -0.3 is 0 Å². The lowest BCUT2D eigenvalue weighted by atomic mass is 10.2. The molecular weight excluding hydrogens is 194 g/mol. The van der Waals surface area contributed by atoms with E-state index < -0.39 is 10.0 Å². The highest BCUT2D eigenvalue weighted by Gasteiger charge is 2.40. The van der Waals surface area contributed by atoms with Crippen molar-refractivity contribution in [3.05, 3.63) is 39.9 Å². The van der Waals surface area contributed by atoms with Crippen molar-refractivity contribution in [2.75, 3.05) is 0 Å². The summed E-state index contributed by atoms with van der Waals surface area (Å²) in [4.78, 5) is 9.92. The maximum absolute atomic E-state index is 10.4. The largest absolute Gasteiger partial charge is 0.289 e. The molecule has 0 fully saturated rings. The fraction of sp³-hybridized carbons (Fsp3) is 0.143. The van der Waals surface area contributed by atoms with E-state index in [1.807, 2.05) is 0 Å². The molecule has 0 N–H and O–H groups in total. The van der Waals surface area contributed by atoms with Crippen LogP contribution in [0.2, 0.25) is 0 Å². The molecule has 0 unspecified atom stereocenters. The normalized spacial score (nSPS) is 17.0. The molecule has 0 saturated carbocycles. The Bertz CT molecular complexity index is 398. The van der Waals surface area contributed by atoms with Gasteiger partial charge in [0.25, 0.3) is 10.8 Å². The fourth-order valence-corrected chi connectivity index (χ4v) is 1.13. The first-order chi connectivity index (χ1) is 6.12. The average molecular weight is 198 g/mol. The first-order valence-electron chi connectivity index (χ1n) is 3.50. The van der Waals surface area contributed by atoms with Gasteiger partial charge in [-0.15, -0.1) is 10.2 Å². The molecule has 0 radical (unpaired) electrons. The lowest BCUT2D eigenvalue weighted by Crippen LogP contribution is -1.98. The molecule has 5 nitrogen and oxygen atoms in total. The van der Waals surface area contributed by atoms with Crippen LogP contribution < -0.4 is 0 Å². The van der Waals surface area contributed by atoms with Crippen molar-refractivity contribution < 1.29 is 4.92 Å². The van der Waals surface area contributed by atoms with E-state index in [4.69, 9.17) is 11.6 Å². The van der Waals surface area contributed by atoms with Crippen molar-refractivity contribution in [3.8, 4) is 0 Å². The van der Waals surface area contributed by atoms with Gasteiger partial charge in [-0.2, -0.15) is 0 Å². The SMILES string of the molecule is O=[N+]([O-])c1cccc(C2(Cl)N=N2)c1. The minimum atomic E-state index is -1.06. The van der Waals surface area contributed by atoms with Crippen molar-refractivity contribution >= 4 is 17.3 Å². The van der Waals surface area contributed by atoms with Gasteiger partial charge in [0.2, 0.25) is 0 Å². The third-order valence-electron chi connectivity index (χ3n) is 1.70. The zero-order valence-corrected chi connectivity index (χ0v) is 7.10. The molecule has 0 atom stereocenters. The van der Waals surface area contributed by atoms with E-state index in [9.17, 15) is 10.1 Å². The molecule has 6 heteroatoms. The topological polar surface area (TPSA) is 67.9 Å². The molecular formula is C7H4ClN3O2. The Morgan fingerprint density at radius 2 is 2.15 bits per heavy atom. The number of hydrogen-bond donors (Lipinski definition) is 0. The molecule has 13 heavy (non-hydrogen) atoms. The number of rotatable bonds is 2. The number of benzene rings is 1. The second-order valence-electron chi connectivity index (χ2n) is 2.59. The minimum absolute atomic E-state index is 0.00479. The predicted octanol–water partition coefficient (Wildman–Crippen LogP) is 2.41. The summed E-state index contributed by atoms with van der Waals surface area (Å²) in [6, 6.07) is 5.97. The van der Waals surface area contributed by atoms with Crippen molar-refractivity contribution in [3.63, 3.8) is 0 Å². The number of non-ortho nitro benzene ring substituents is 1. The van der Waals surface area contributed by atoms with Crippen LogP contribution in [0.5, 0.6) is 0 Å². The number of alkyl halides is 1. The van der Waals surface area contributed by atoms with Gasteiger partial charge in [0, 0.05) is 17.7 Å². The van der Waals surface area contributed by atoms with E-state index in [1.54, 1.807) is 12.1 Å². The first-order valence-corrected chi connectivity index (χ1v) is 3.87. The molecule has 1 aliphatic rings. The van der Waals surface area contributed by atoms with E-state index in [0.717, 1.165) is 0 Å². The molecule has 0 aromatic heterocycles. The van der Waals surface area contributed by atoms with Gasteiger partial charge in [0.15, 0.2) is 0 Å². The van der Waals surface area contributed by atoms with Crippen molar-refractivity contribution in [1.29, 1.82) is 0 Å². The summed E-state index contributed by atoms with van der Waals surface area (Å²) in [6.45, 7) is 0. The maximum atomic E-state index is 10.4. The Morgan fingerprint density at radius 3 is 2.69 bits per heavy atom. The number of nitro benzene ring substituents is 1. The Labute approximate surface area is 78.2 Å². The van der Waals surface area contributed by atoms with Crippen LogP contribution in [-0.2, 0) is 5.12 Å². The van der Waals surface area contributed by atoms with Gasteiger partial charge in [-0.05, 0) is 0 Å². The van der Waals surface area contributed by atoms with Crippen LogP contribution in [0.25, 0.3) is 0 Å². The standard InChI is InChI=1S/C7H4ClN3O2/c8-7(9-10-7)5-2-1-3-6(4-5)11(12)13/h1-4H. The molecule has 0 aliphatic carbocycles. The zero-order chi connectivity index (χ0) is 9.47. The second kappa shape index (κ2) is 2.50. The molecule has 1 aromatic carbocycles. The zero-order valence-electron chi connectivity index (χ0n) is 6.35. The van der Waals surface area contributed by atoms with E-state index in [0.29, 0.717) is 5.56 Å². The van der Waals surface area contributed by atoms with Gasteiger partial charge in [-0.1, -0.05) is 23.7 Å². The first kappa shape index (κ1) is 8.12. The van der Waals surface area contributed by atoms with Crippen molar-refractivity contribution in [2.24, 2.45) is 10.2 Å². The number of nitro groups is 1. The second-order valence-corrected chi connectivity index (χ2v) is 3.12. The highest BCUT2D eigenvalue weighted by Crippen LogP contribution is 2.44. The Kier molecular flexibility index (Phi) is 1.56. The number of hydrogen-bond acceptors (Lipinski definition) is 4.